The molecule has 0 bridgehead atoms. The Labute approximate surface area is 181 Å². The van der Waals surface area contributed by atoms with Gasteiger partial charge in [0.1, 0.15) is 0 Å². The molecule has 31 heavy (non-hydrogen) atoms. The highest BCUT2D eigenvalue weighted by Gasteiger charge is 2.18. The Morgan fingerprint density at radius 3 is 2.00 bits per heavy atom. The van der Waals surface area contributed by atoms with Crippen LogP contribution in [0.2, 0.25) is 0 Å². The molecule has 0 saturated carbocycles. The summed E-state index contributed by atoms with van der Waals surface area (Å²) in [6, 6.07) is 19.3. The molecule has 4 rings (SSSR count). The van der Waals surface area contributed by atoms with Crippen LogP contribution in [0, 0.1) is 0 Å². The van der Waals surface area contributed by atoms with Gasteiger partial charge in [0.15, 0.2) is 5.76 Å². The highest BCUT2D eigenvalue weighted by atomic mass is 16.5. The van der Waals surface area contributed by atoms with Crippen molar-refractivity contribution in [3.05, 3.63) is 78.3 Å². The zero-order valence-electron chi connectivity index (χ0n) is 17.4. The van der Waals surface area contributed by atoms with Gasteiger partial charge in [0.25, 0.3) is 5.91 Å². The Hall–Kier alpha value is -3.74. The van der Waals surface area contributed by atoms with Crippen molar-refractivity contribution in [3.8, 4) is 0 Å². The number of esters is 1. The molecule has 7 nitrogen and oxygen atoms in total. The monoisotopic (exact) mass is 419 g/mol. The van der Waals surface area contributed by atoms with Gasteiger partial charge in [-0.25, -0.2) is 0 Å². The molecule has 1 saturated heterocycles. The Balaban J connectivity index is 1.30. The minimum atomic E-state index is -0.260. The van der Waals surface area contributed by atoms with Crippen LogP contribution in [0.1, 0.15) is 16.1 Å². The van der Waals surface area contributed by atoms with Gasteiger partial charge in [-0.3, -0.25) is 9.59 Å². The maximum atomic E-state index is 12.1. The quantitative estimate of drug-likeness (QED) is 0.616. The second-order valence-electron chi connectivity index (χ2n) is 7.37. The summed E-state index contributed by atoms with van der Waals surface area (Å²) in [6.07, 6.45) is 1.77. The molecule has 1 fully saturated rings. The van der Waals surface area contributed by atoms with E-state index in [9.17, 15) is 9.59 Å². The van der Waals surface area contributed by atoms with Gasteiger partial charge in [0.05, 0.1) is 19.8 Å². The zero-order valence-corrected chi connectivity index (χ0v) is 17.4. The maximum Gasteiger partial charge on any atom is 0.309 e. The average molecular weight is 419 g/mol. The lowest BCUT2D eigenvalue weighted by Crippen LogP contribution is -2.46. The van der Waals surface area contributed by atoms with Gasteiger partial charge in [0.2, 0.25) is 0 Å². The molecule has 1 aliphatic rings. The molecule has 1 aliphatic heterocycles. The molecule has 7 heteroatoms. The summed E-state index contributed by atoms with van der Waals surface area (Å²) in [5, 5.41) is 2.83. The third-order valence-electron chi connectivity index (χ3n) is 5.39. The summed E-state index contributed by atoms with van der Waals surface area (Å²) in [7, 11) is 1.40. The Morgan fingerprint density at radius 1 is 0.903 bits per heavy atom. The van der Waals surface area contributed by atoms with Gasteiger partial charge in [0, 0.05) is 43.2 Å². The first-order chi connectivity index (χ1) is 15.1. The second-order valence-corrected chi connectivity index (χ2v) is 7.37. The topological polar surface area (TPSA) is 75.0 Å². The summed E-state index contributed by atoms with van der Waals surface area (Å²) in [6.45, 7) is 3.63. The summed E-state index contributed by atoms with van der Waals surface area (Å²) >= 11 is 0. The van der Waals surface area contributed by atoms with Gasteiger partial charge < -0.3 is 24.3 Å². The van der Waals surface area contributed by atoms with E-state index in [1.165, 1.54) is 13.4 Å². The van der Waals surface area contributed by atoms with Gasteiger partial charge in [-0.2, -0.15) is 0 Å². The molecule has 0 radical (unpaired) electrons. The highest BCUT2D eigenvalue weighted by Crippen LogP contribution is 2.23. The van der Waals surface area contributed by atoms with Crippen molar-refractivity contribution in [2.45, 2.75) is 6.42 Å². The molecule has 1 amide bonds. The molecule has 0 unspecified atom stereocenters. The van der Waals surface area contributed by atoms with Crippen LogP contribution in [-0.4, -0.2) is 45.2 Å². The molecular weight excluding hydrogens is 394 g/mol. The van der Waals surface area contributed by atoms with E-state index in [0.717, 1.165) is 48.8 Å². The van der Waals surface area contributed by atoms with Gasteiger partial charge in [-0.05, 0) is 54.1 Å². The molecule has 0 spiro atoms. The first-order valence-electron chi connectivity index (χ1n) is 10.2. The number of carbonyl (C=O) groups excluding carboxylic acids is 2. The smallest absolute Gasteiger partial charge is 0.309 e. The summed E-state index contributed by atoms with van der Waals surface area (Å²) < 4.78 is 9.83. The number of amides is 1. The lowest BCUT2D eigenvalue weighted by Gasteiger charge is -2.37. The molecule has 0 aliphatic carbocycles. The number of carbonyl (C=O) groups is 2. The predicted octanol–water partition coefficient (Wildman–Crippen LogP) is 3.57. The largest absolute Gasteiger partial charge is 0.469 e. The van der Waals surface area contributed by atoms with Gasteiger partial charge in [-0.1, -0.05) is 12.1 Å². The standard InChI is InChI=1S/C24H25N3O4/c1-30-23(28)17-18-4-8-20(9-5-18)26-12-14-27(15-13-26)21-10-6-19(7-11-21)25-24(29)22-3-2-16-31-22/h2-11,16H,12-15,17H2,1H3,(H,25,29). The minimum Gasteiger partial charge on any atom is -0.469 e. The van der Waals surface area contributed by atoms with Crippen LogP contribution in [0.15, 0.2) is 71.3 Å². The van der Waals surface area contributed by atoms with Crippen LogP contribution in [0.5, 0.6) is 0 Å². The number of nitrogens with zero attached hydrogens (tertiary/aromatic N) is 2. The first kappa shape index (κ1) is 20.5. The SMILES string of the molecule is COC(=O)Cc1ccc(N2CCN(c3ccc(NC(=O)c4ccco4)cc3)CC2)cc1. The van der Waals surface area contributed by atoms with Crippen LogP contribution in [0.3, 0.4) is 0 Å². The first-order valence-corrected chi connectivity index (χ1v) is 10.2. The van der Waals surface area contributed by atoms with Crippen molar-refractivity contribution in [1.82, 2.24) is 0 Å². The minimum absolute atomic E-state index is 0.229. The van der Waals surface area contributed by atoms with Crippen molar-refractivity contribution in [3.63, 3.8) is 0 Å². The molecule has 160 valence electrons. The maximum absolute atomic E-state index is 12.1. The fourth-order valence-electron chi connectivity index (χ4n) is 3.64. The van der Waals surface area contributed by atoms with E-state index in [2.05, 4.69) is 27.2 Å². The molecule has 2 heterocycles. The van der Waals surface area contributed by atoms with Gasteiger partial charge in [-0.15, -0.1) is 0 Å². The van der Waals surface area contributed by atoms with Crippen LogP contribution in [0.25, 0.3) is 0 Å². The predicted molar refractivity (Wildman–Crippen MR) is 120 cm³/mol. The van der Waals surface area contributed by atoms with Crippen molar-refractivity contribution < 1.29 is 18.7 Å². The van der Waals surface area contributed by atoms with E-state index in [4.69, 9.17) is 9.15 Å². The van der Waals surface area contributed by atoms with Crippen LogP contribution < -0.4 is 15.1 Å². The van der Waals surface area contributed by atoms with Crippen molar-refractivity contribution in [2.75, 3.05) is 48.4 Å². The Morgan fingerprint density at radius 2 is 1.48 bits per heavy atom. The van der Waals surface area contributed by atoms with Crippen molar-refractivity contribution >= 4 is 28.9 Å². The summed E-state index contributed by atoms with van der Waals surface area (Å²) in [4.78, 5) is 28.2. The number of benzene rings is 2. The number of hydrogen-bond acceptors (Lipinski definition) is 6. The normalized spacial score (nSPS) is 13.7. The molecule has 1 aromatic heterocycles. The van der Waals surface area contributed by atoms with E-state index >= 15 is 0 Å². The number of anilines is 3. The fourth-order valence-corrected chi connectivity index (χ4v) is 3.64. The van der Waals surface area contributed by atoms with E-state index < -0.39 is 0 Å². The number of nitrogens with one attached hydrogen (secondary N) is 1. The average Bonchev–Trinajstić information content (AvgIpc) is 3.35. The fraction of sp³-hybridized carbons (Fsp3) is 0.250. The molecule has 0 atom stereocenters. The molecule has 3 aromatic rings. The zero-order chi connectivity index (χ0) is 21.6. The van der Waals surface area contributed by atoms with Crippen LogP contribution in [-0.2, 0) is 16.0 Å². The van der Waals surface area contributed by atoms with E-state index in [0.29, 0.717) is 12.2 Å². The lowest BCUT2D eigenvalue weighted by molar-refractivity contribution is -0.139. The van der Waals surface area contributed by atoms with E-state index in [-0.39, 0.29) is 11.9 Å². The second kappa shape index (κ2) is 9.38. The van der Waals surface area contributed by atoms with Crippen molar-refractivity contribution in [1.29, 1.82) is 0 Å². The summed E-state index contributed by atoms with van der Waals surface area (Å²) in [5.74, 6) is -0.199. The third-order valence-corrected chi connectivity index (χ3v) is 5.39. The lowest BCUT2D eigenvalue weighted by atomic mass is 10.1. The number of ether oxygens (including phenoxy) is 1. The van der Waals surface area contributed by atoms with Crippen molar-refractivity contribution in [2.24, 2.45) is 0 Å². The molecule has 2 aromatic carbocycles. The number of hydrogen-bond donors (Lipinski definition) is 1. The third kappa shape index (κ3) is 5.06. The van der Waals surface area contributed by atoms with E-state index in [1.807, 2.05) is 36.4 Å². The number of furan rings is 1. The highest BCUT2D eigenvalue weighted by molar-refractivity contribution is 6.02. The Bertz CT molecular complexity index is 1010. The molecule has 1 N–H and O–H groups in total. The number of methoxy groups -OCH3 is 1. The van der Waals surface area contributed by atoms with Gasteiger partial charge >= 0.3 is 5.97 Å². The number of piperazine rings is 1. The van der Waals surface area contributed by atoms with Crippen LogP contribution >= 0.6 is 0 Å². The summed E-state index contributed by atoms with van der Waals surface area (Å²) in [5.41, 5.74) is 3.97. The van der Waals surface area contributed by atoms with E-state index in [1.54, 1.807) is 12.1 Å². The number of rotatable bonds is 6. The molecular formula is C24H25N3O4. The van der Waals surface area contributed by atoms with Crippen LogP contribution in [0.4, 0.5) is 17.1 Å². The Kier molecular flexibility index (Phi) is 6.21.